The highest BCUT2D eigenvalue weighted by Gasteiger charge is 2.14. The lowest BCUT2D eigenvalue weighted by Gasteiger charge is -2.13. The van der Waals surface area contributed by atoms with Crippen molar-refractivity contribution in [3.8, 4) is 5.75 Å². The smallest absolute Gasteiger partial charge is 0.287 e. The molecule has 1 amide bonds. The molecule has 24 heavy (non-hydrogen) atoms. The first-order valence-electron chi connectivity index (χ1n) is 8.16. The van der Waals surface area contributed by atoms with E-state index in [0.29, 0.717) is 35.5 Å². The molecule has 0 aliphatic heterocycles. The predicted octanol–water partition coefficient (Wildman–Crippen LogP) is 4.70. The van der Waals surface area contributed by atoms with Crippen molar-refractivity contribution in [2.45, 2.75) is 40.2 Å². The van der Waals surface area contributed by atoms with Crippen molar-refractivity contribution in [2.24, 2.45) is 5.92 Å². The number of nitrogens with one attached hydrogen (secondary N) is 1. The standard InChI is InChI=1S/C19H24ClNO3/c1-12(2)11-23-17-7-5-15(20)9-14(17)10-16-6-8-18(24-16)19(22)21-13(3)4/h5-9,12-13H,10-11H2,1-4H3,(H,21,22). The van der Waals surface area contributed by atoms with Crippen molar-refractivity contribution in [2.75, 3.05) is 6.61 Å². The molecule has 2 rings (SSSR count). The third-order valence-electron chi connectivity index (χ3n) is 3.26. The molecule has 1 aromatic carbocycles. The fraction of sp³-hybridized carbons (Fsp3) is 0.421. The van der Waals surface area contributed by atoms with Crippen LogP contribution >= 0.6 is 11.6 Å². The summed E-state index contributed by atoms with van der Waals surface area (Å²) in [6.07, 6.45) is 0.517. The molecule has 5 heteroatoms. The van der Waals surface area contributed by atoms with Gasteiger partial charge in [0.2, 0.25) is 0 Å². The van der Waals surface area contributed by atoms with E-state index in [1.807, 2.05) is 38.1 Å². The van der Waals surface area contributed by atoms with E-state index in [1.54, 1.807) is 6.07 Å². The quantitative estimate of drug-likeness (QED) is 0.788. The van der Waals surface area contributed by atoms with E-state index in [1.165, 1.54) is 0 Å². The maximum absolute atomic E-state index is 12.0. The van der Waals surface area contributed by atoms with E-state index < -0.39 is 0 Å². The summed E-state index contributed by atoms with van der Waals surface area (Å²) in [7, 11) is 0. The van der Waals surface area contributed by atoms with Crippen LogP contribution in [-0.4, -0.2) is 18.6 Å². The molecule has 1 heterocycles. The Labute approximate surface area is 148 Å². The Bertz CT molecular complexity index is 692. The van der Waals surface area contributed by atoms with Crippen LogP contribution in [0.1, 0.15) is 49.6 Å². The van der Waals surface area contributed by atoms with Crippen molar-refractivity contribution in [1.82, 2.24) is 5.32 Å². The molecule has 0 saturated carbocycles. The Morgan fingerprint density at radius 2 is 1.96 bits per heavy atom. The first-order valence-corrected chi connectivity index (χ1v) is 8.53. The van der Waals surface area contributed by atoms with Gasteiger partial charge in [-0.3, -0.25) is 4.79 Å². The molecule has 2 aromatic rings. The van der Waals surface area contributed by atoms with E-state index in [2.05, 4.69) is 19.2 Å². The molecule has 0 unspecified atom stereocenters. The Morgan fingerprint density at radius 3 is 2.62 bits per heavy atom. The number of ether oxygens (including phenoxy) is 1. The summed E-state index contributed by atoms with van der Waals surface area (Å²) in [4.78, 5) is 12.0. The third-order valence-corrected chi connectivity index (χ3v) is 3.50. The molecule has 0 spiro atoms. The molecule has 0 atom stereocenters. The topological polar surface area (TPSA) is 51.5 Å². The number of hydrogen-bond donors (Lipinski definition) is 1. The molecule has 0 bridgehead atoms. The number of carbonyl (C=O) groups excluding carboxylic acids is 1. The molecule has 0 fully saturated rings. The maximum atomic E-state index is 12.0. The maximum Gasteiger partial charge on any atom is 0.287 e. The second-order valence-electron chi connectivity index (χ2n) is 6.53. The van der Waals surface area contributed by atoms with Gasteiger partial charge in [-0.1, -0.05) is 25.4 Å². The number of amides is 1. The highest BCUT2D eigenvalue weighted by atomic mass is 35.5. The molecular formula is C19H24ClNO3. The summed E-state index contributed by atoms with van der Waals surface area (Å²) < 4.78 is 11.5. The summed E-state index contributed by atoms with van der Waals surface area (Å²) in [6, 6.07) is 9.11. The SMILES string of the molecule is CC(C)COc1ccc(Cl)cc1Cc1ccc(C(=O)NC(C)C)o1. The lowest BCUT2D eigenvalue weighted by molar-refractivity contribution is 0.0913. The van der Waals surface area contributed by atoms with Crippen molar-refractivity contribution in [1.29, 1.82) is 0 Å². The fourth-order valence-electron chi connectivity index (χ4n) is 2.20. The third kappa shape index (κ3) is 5.31. The number of benzene rings is 1. The number of halogens is 1. The monoisotopic (exact) mass is 349 g/mol. The van der Waals surface area contributed by atoms with E-state index in [0.717, 1.165) is 11.3 Å². The summed E-state index contributed by atoms with van der Waals surface area (Å²) in [5.41, 5.74) is 0.938. The van der Waals surface area contributed by atoms with Gasteiger partial charge in [-0.05, 0) is 50.1 Å². The van der Waals surface area contributed by atoms with E-state index >= 15 is 0 Å². The molecule has 0 aliphatic rings. The molecule has 0 radical (unpaired) electrons. The van der Waals surface area contributed by atoms with E-state index in [-0.39, 0.29) is 11.9 Å². The average Bonchev–Trinajstić information content (AvgIpc) is 2.94. The van der Waals surface area contributed by atoms with Crippen LogP contribution in [0.3, 0.4) is 0 Å². The van der Waals surface area contributed by atoms with Crippen molar-refractivity contribution >= 4 is 17.5 Å². The lowest BCUT2D eigenvalue weighted by atomic mass is 10.1. The zero-order chi connectivity index (χ0) is 17.7. The minimum absolute atomic E-state index is 0.0648. The second-order valence-corrected chi connectivity index (χ2v) is 6.96. The van der Waals surface area contributed by atoms with Crippen LogP contribution in [0.25, 0.3) is 0 Å². The molecular weight excluding hydrogens is 326 g/mol. The first-order chi connectivity index (χ1) is 11.3. The van der Waals surface area contributed by atoms with Crippen LogP contribution in [0.15, 0.2) is 34.7 Å². The Balaban J connectivity index is 2.14. The van der Waals surface area contributed by atoms with Crippen LogP contribution in [-0.2, 0) is 6.42 Å². The summed E-state index contributed by atoms with van der Waals surface area (Å²) in [5, 5.41) is 3.46. The number of rotatable bonds is 7. The van der Waals surface area contributed by atoms with Crippen LogP contribution < -0.4 is 10.1 Å². The zero-order valence-electron chi connectivity index (χ0n) is 14.6. The van der Waals surface area contributed by atoms with Gasteiger partial charge in [0.05, 0.1) is 6.61 Å². The van der Waals surface area contributed by atoms with Crippen LogP contribution in [0.4, 0.5) is 0 Å². The van der Waals surface area contributed by atoms with Gasteiger partial charge in [-0.2, -0.15) is 0 Å². The first kappa shape index (κ1) is 18.4. The summed E-state index contributed by atoms with van der Waals surface area (Å²) >= 11 is 6.11. The van der Waals surface area contributed by atoms with Gasteiger partial charge in [0, 0.05) is 23.0 Å². The summed E-state index contributed by atoms with van der Waals surface area (Å²) in [6.45, 7) is 8.65. The van der Waals surface area contributed by atoms with Gasteiger partial charge in [0.25, 0.3) is 5.91 Å². The highest BCUT2D eigenvalue weighted by Crippen LogP contribution is 2.26. The average molecular weight is 350 g/mol. The van der Waals surface area contributed by atoms with Gasteiger partial charge in [-0.25, -0.2) is 0 Å². The van der Waals surface area contributed by atoms with Crippen LogP contribution in [0.2, 0.25) is 5.02 Å². The molecule has 1 aromatic heterocycles. The molecule has 0 saturated heterocycles. The normalized spacial score (nSPS) is 11.1. The molecule has 0 aliphatic carbocycles. The minimum atomic E-state index is -0.210. The van der Waals surface area contributed by atoms with Crippen molar-refractivity contribution < 1.29 is 13.9 Å². The largest absolute Gasteiger partial charge is 0.493 e. The lowest BCUT2D eigenvalue weighted by Crippen LogP contribution is -2.29. The number of furan rings is 1. The van der Waals surface area contributed by atoms with Crippen molar-refractivity contribution in [3.05, 3.63) is 52.4 Å². The Hall–Kier alpha value is -1.94. The van der Waals surface area contributed by atoms with E-state index in [4.69, 9.17) is 20.8 Å². The van der Waals surface area contributed by atoms with Crippen LogP contribution in [0, 0.1) is 5.92 Å². The zero-order valence-corrected chi connectivity index (χ0v) is 15.3. The van der Waals surface area contributed by atoms with Gasteiger partial charge < -0.3 is 14.5 Å². The number of carbonyl (C=O) groups is 1. The van der Waals surface area contributed by atoms with Gasteiger partial charge in [0.15, 0.2) is 5.76 Å². The predicted molar refractivity (Wildman–Crippen MR) is 95.9 cm³/mol. The van der Waals surface area contributed by atoms with Gasteiger partial charge in [0.1, 0.15) is 11.5 Å². The number of hydrogen-bond acceptors (Lipinski definition) is 3. The van der Waals surface area contributed by atoms with Crippen molar-refractivity contribution in [3.63, 3.8) is 0 Å². The molecule has 1 N–H and O–H groups in total. The Kier molecular flexibility index (Phi) is 6.32. The minimum Gasteiger partial charge on any atom is -0.493 e. The van der Waals surface area contributed by atoms with Gasteiger partial charge >= 0.3 is 0 Å². The molecule has 4 nitrogen and oxygen atoms in total. The molecule has 130 valence electrons. The highest BCUT2D eigenvalue weighted by molar-refractivity contribution is 6.30. The van der Waals surface area contributed by atoms with Gasteiger partial charge in [-0.15, -0.1) is 0 Å². The summed E-state index contributed by atoms with van der Waals surface area (Å²) in [5.74, 6) is 2.02. The second kappa shape index (κ2) is 8.25. The van der Waals surface area contributed by atoms with Crippen LogP contribution in [0.5, 0.6) is 5.75 Å². The fourth-order valence-corrected chi connectivity index (χ4v) is 2.39. The van der Waals surface area contributed by atoms with E-state index in [9.17, 15) is 4.79 Å². The Morgan fingerprint density at radius 1 is 1.21 bits per heavy atom.